The Balaban J connectivity index is 2.94. The molecular formula is C7H10N2O3. The fourth-order valence-corrected chi connectivity index (χ4v) is 0.909. The Labute approximate surface area is 69.9 Å². The number of carbonyl (C=O) groups excluding carboxylic acids is 2. The molecule has 0 aromatic rings. The fourth-order valence-electron chi connectivity index (χ4n) is 0.909. The molecule has 1 aliphatic heterocycles. The Bertz CT molecular complexity index is 251. The van der Waals surface area contributed by atoms with E-state index in [1.807, 2.05) is 0 Å². The number of amides is 2. The number of nitrogens with one attached hydrogen (secondary N) is 1. The monoisotopic (exact) mass is 170 g/mol. The minimum atomic E-state index is -1.24. The number of carbonyl (C=O) groups is 2. The van der Waals surface area contributed by atoms with Gasteiger partial charge in [-0.2, -0.15) is 0 Å². The SMILES string of the molecule is C=CC1(C)OC(=O)NN(C)C1=O. The maximum absolute atomic E-state index is 11.3. The summed E-state index contributed by atoms with van der Waals surface area (Å²) in [7, 11) is 1.45. The second-order valence-corrected chi connectivity index (χ2v) is 2.68. The van der Waals surface area contributed by atoms with Crippen LogP contribution in [0.5, 0.6) is 0 Å². The molecule has 1 heterocycles. The van der Waals surface area contributed by atoms with Crippen LogP contribution in [-0.4, -0.2) is 29.7 Å². The topological polar surface area (TPSA) is 58.6 Å². The van der Waals surface area contributed by atoms with Crippen molar-refractivity contribution in [3.05, 3.63) is 12.7 Å². The molecule has 0 bridgehead atoms. The lowest BCUT2D eigenvalue weighted by molar-refractivity contribution is -0.153. The van der Waals surface area contributed by atoms with Crippen LogP contribution < -0.4 is 5.43 Å². The summed E-state index contributed by atoms with van der Waals surface area (Å²) < 4.78 is 4.75. The van der Waals surface area contributed by atoms with E-state index in [2.05, 4.69) is 12.0 Å². The normalized spacial score (nSPS) is 29.3. The number of hydrogen-bond donors (Lipinski definition) is 1. The van der Waals surface area contributed by atoms with Crippen molar-refractivity contribution in [2.75, 3.05) is 7.05 Å². The van der Waals surface area contributed by atoms with Crippen molar-refractivity contribution >= 4 is 12.0 Å². The van der Waals surface area contributed by atoms with Crippen molar-refractivity contribution in [2.24, 2.45) is 0 Å². The Hall–Kier alpha value is -1.52. The number of likely N-dealkylation sites (N-methyl/N-ethyl adjacent to an activating group) is 1. The molecule has 0 radical (unpaired) electrons. The molecule has 5 nitrogen and oxygen atoms in total. The molecule has 1 N–H and O–H groups in total. The summed E-state index contributed by atoms with van der Waals surface area (Å²) in [4.78, 5) is 22.2. The largest absolute Gasteiger partial charge is 0.427 e. The molecule has 1 fully saturated rings. The summed E-state index contributed by atoms with van der Waals surface area (Å²) >= 11 is 0. The van der Waals surface area contributed by atoms with Crippen LogP contribution in [-0.2, 0) is 9.53 Å². The zero-order valence-corrected chi connectivity index (χ0v) is 6.96. The number of cyclic esters (lactones) is 1. The average Bonchev–Trinajstić information content (AvgIpc) is 2.00. The van der Waals surface area contributed by atoms with Gasteiger partial charge < -0.3 is 4.74 Å². The maximum atomic E-state index is 11.3. The number of hydrazine groups is 1. The van der Waals surface area contributed by atoms with Gasteiger partial charge in [0.25, 0.3) is 5.91 Å². The summed E-state index contributed by atoms with van der Waals surface area (Å²) in [6.45, 7) is 4.91. The van der Waals surface area contributed by atoms with Gasteiger partial charge in [-0.3, -0.25) is 9.80 Å². The van der Waals surface area contributed by atoms with E-state index < -0.39 is 11.7 Å². The lowest BCUT2D eigenvalue weighted by atomic mass is 10.1. The number of ether oxygens (including phenoxy) is 1. The summed E-state index contributed by atoms with van der Waals surface area (Å²) in [6, 6.07) is 0. The fraction of sp³-hybridized carbons (Fsp3) is 0.429. The van der Waals surface area contributed by atoms with Crippen LogP contribution >= 0.6 is 0 Å². The maximum Gasteiger partial charge on any atom is 0.427 e. The lowest BCUT2D eigenvalue weighted by Crippen LogP contribution is -2.60. The third kappa shape index (κ3) is 1.13. The molecule has 0 aliphatic carbocycles. The van der Waals surface area contributed by atoms with Gasteiger partial charge in [0.2, 0.25) is 5.60 Å². The van der Waals surface area contributed by atoms with Gasteiger partial charge in [-0.25, -0.2) is 10.2 Å². The van der Waals surface area contributed by atoms with Crippen molar-refractivity contribution in [1.82, 2.24) is 10.4 Å². The van der Waals surface area contributed by atoms with Crippen LogP contribution in [0.4, 0.5) is 4.79 Å². The molecule has 0 spiro atoms. The van der Waals surface area contributed by atoms with Crippen LogP contribution in [0.15, 0.2) is 12.7 Å². The second-order valence-electron chi connectivity index (χ2n) is 2.68. The quantitative estimate of drug-likeness (QED) is 0.565. The first-order valence-electron chi connectivity index (χ1n) is 3.41. The van der Waals surface area contributed by atoms with Crippen LogP contribution in [0.25, 0.3) is 0 Å². The molecule has 12 heavy (non-hydrogen) atoms. The molecule has 1 atom stereocenters. The van der Waals surface area contributed by atoms with Gasteiger partial charge >= 0.3 is 6.09 Å². The standard InChI is InChI=1S/C7H10N2O3/c1-4-7(2)5(10)9(3)8-6(11)12-7/h4H,1H2,2-3H3,(H,8,11). The van der Waals surface area contributed by atoms with Crippen LogP contribution in [0.2, 0.25) is 0 Å². The van der Waals surface area contributed by atoms with Gasteiger partial charge in [0.1, 0.15) is 0 Å². The first-order valence-corrected chi connectivity index (χ1v) is 3.41. The molecule has 0 saturated carbocycles. The predicted octanol–water partition coefficient (Wildman–Crippen LogP) is 0.0443. The smallest absolute Gasteiger partial charge is 0.427 e. The lowest BCUT2D eigenvalue weighted by Gasteiger charge is -2.34. The number of hydrogen-bond acceptors (Lipinski definition) is 3. The minimum Gasteiger partial charge on any atom is -0.427 e. The molecule has 0 aromatic carbocycles. The molecule has 1 saturated heterocycles. The van der Waals surface area contributed by atoms with E-state index in [1.54, 1.807) is 0 Å². The van der Waals surface area contributed by atoms with E-state index in [4.69, 9.17) is 4.74 Å². The van der Waals surface area contributed by atoms with Crippen molar-refractivity contribution in [3.8, 4) is 0 Å². The molecule has 66 valence electrons. The van der Waals surface area contributed by atoms with Gasteiger partial charge in [0.05, 0.1) is 0 Å². The minimum absolute atomic E-state index is 0.350. The van der Waals surface area contributed by atoms with Gasteiger partial charge in [-0.05, 0) is 13.0 Å². The van der Waals surface area contributed by atoms with E-state index >= 15 is 0 Å². The first-order chi connectivity index (χ1) is 5.49. The summed E-state index contributed by atoms with van der Waals surface area (Å²) in [6.07, 6.45) is 0.643. The molecule has 0 aromatic heterocycles. The molecule has 1 unspecified atom stereocenters. The Morgan fingerprint density at radius 3 is 2.75 bits per heavy atom. The zero-order valence-electron chi connectivity index (χ0n) is 6.96. The van der Waals surface area contributed by atoms with Gasteiger partial charge in [0, 0.05) is 7.05 Å². The van der Waals surface area contributed by atoms with Gasteiger partial charge in [-0.15, -0.1) is 0 Å². The molecular weight excluding hydrogens is 160 g/mol. The zero-order chi connectivity index (χ0) is 9.35. The number of rotatable bonds is 1. The molecule has 5 heteroatoms. The highest BCUT2D eigenvalue weighted by molar-refractivity contribution is 5.92. The molecule has 2 amide bonds. The van der Waals surface area contributed by atoms with E-state index in [9.17, 15) is 9.59 Å². The van der Waals surface area contributed by atoms with E-state index in [0.717, 1.165) is 5.01 Å². The van der Waals surface area contributed by atoms with Crippen LogP contribution in [0.1, 0.15) is 6.92 Å². The van der Waals surface area contributed by atoms with Crippen molar-refractivity contribution < 1.29 is 14.3 Å². The van der Waals surface area contributed by atoms with Crippen molar-refractivity contribution in [2.45, 2.75) is 12.5 Å². The molecule has 1 rings (SSSR count). The Kier molecular flexibility index (Phi) is 1.79. The number of nitrogens with zero attached hydrogens (tertiary/aromatic N) is 1. The summed E-state index contributed by atoms with van der Waals surface area (Å²) in [5.41, 5.74) is 0.954. The van der Waals surface area contributed by atoms with E-state index in [1.165, 1.54) is 20.0 Å². The molecule has 1 aliphatic rings. The first kappa shape index (κ1) is 8.58. The highest BCUT2D eigenvalue weighted by Crippen LogP contribution is 2.17. The van der Waals surface area contributed by atoms with Crippen molar-refractivity contribution in [1.29, 1.82) is 0 Å². The van der Waals surface area contributed by atoms with E-state index in [0.29, 0.717) is 0 Å². The Morgan fingerprint density at radius 2 is 2.25 bits per heavy atom. The van der Waals surface area contributed by atoms with Gasteiger partial charge in [0.15, 0.2) is 0 Å². The highest BCUT2D eigenvalue weighted by Gasteiger charge is 2.41. The summed E-state index contributed by atoms with van der Waals surface area (Å²) in [5.74, 6) is -0.350. The summed E-state index contributed by atoms with van der Waals surface area (Å²) in [5, 5.41) is 1.08. The predicted molar refractivity (Wildman–Crippen MR) is 41.0 cm³/mol. The highest BCUT2D eigenvalue weighted by atomic mass is 16.6. The average molecular weight is 170 g/mol. The van der Waals surface area contributed by atoms with E-state index in [-0.39, 0.29) is 5.91 Å². The Morgan fingerprint density at radius 1 is 1.67 bits per heavy atom. The van der Waals surface area contributed by atoms with Gasteiger partial charge in [-0.1, -0.05) is 6.58 Å². The van der Waals surface area contributed by atoms with Crippen molar-refractivity contribution in [3.63, 3.8) is 0 Å². The van der Waals surface area contributed by atoms with Crippen LogP contribution in [0.3, 0.4) is 0 Å². The second kappa shape index (κ2) is 2.51. The third-order valence-electron chi connectivity index (χ3n) is 1.68. The third-order valence-corrected chi connectivity index (χ3v) is 1.68. The van der Waals surface area contributed by atoms with Crippen LogP contribution in [0, 0.1) is 0 Å².